The highest BCUT2D eigenvalue weighted by molar-refractivity contribution is 6.35. The zero-order chi connectivity index (χ0) is 21.9. The van der Waals surface area contributed by atoms with Crippen molar-refractivity contribution in [3.05, 3.63) is 41.2 Å². The number of anilines is 1. The fraction of sp³-hybridized carbons (Fsp3) is 0.300. The van der Waals surface area contributed by atoms with Crippen LogP contribution in [0.15, 0.2) is 24.8 Å². The average Bonchev–Trinajstić information content (AvgIpc) is 3.12. The molecule has 5 rings (SSSR count). The average molecular weight is 447 g/mol. The van der Waals surface area contributed by atoms with Gasteiger partial charge < -0.3 is 14.5 Å². The lowest BCUT2D eigenvalue weighted by atomic mass is 10.00. The number of halogens is 3. The number of methoxy groups -OCH3 is 1. The SMILES string of the molecule is COC(C)c1c(F)c(Cl)c(-c2cn3cc(NC(=O)C4CC4F)nc3cn2)c2cn[nH]c12. The molecule has 0 saturated heterocycles. The minimum absolute atomic E-state index is 0.101. The van der Waals surface area contributed by atoms with Crippen LogP contribution in [0, 0.1) is 11.7 Å². The molecule has 4 aromatic rings. The Morgan fingerprint density at radius 1 is 1.42 bits per heavy atom. The number of rotatable bonds is 5. The van der Waals surface area contributed by atoms with Gasteiger partial charge in [0.2, 0.25) is 5.91 Å². The molecule has 2 N–H and O–H groups in total. The van der Waals surface area contributed by atoms with E-state index in [0.29, 0.717) is 27.8 Å². The van der Waals surface area contributed by atoms with E-state index in [4.69, 9.17) is 16.3 Å². The summed E-state index contributed by atoms with van der Waals surface area (Å²) in [4.78, 5) is 20.6. The van der Waals surface area contributed by atoms with Gasteiger partial charge in [0.05, 0.1) is 46.8 Å². The number of nitrogens with one attached hydrogen (secondary N) is 2. The summed E-state index contributed by atoms with van der Waals surface area (Å²) in [6, 6.07) is 0. The van der Waals surface area contributed by atoms with Crippen LogP contribution >= 0.6 is 11.6 Å². The molecule has 3 atom stereocenters. The number of carbonyl (C=O) groups is 1. The molecule has 160 valence electrons. The van der Waals surface area contributed by atoms with Gasteiger partial charge in [0.25, 0.3) is 0 Å². The number of aromatic amines is 1. The zero-order valence-corrected chi connectivity index (χ0v) is 17.2. The normalized spacial score (nSPS) is 19.1. The molecule has 1 aliphatic carbocycles. The predicted octanol–water partition coefficient (Wildman–Crippen LogP) is 4.07. The molecule has 0 aliphatic heterocycles. The highest BCUT2D eigenvalue weighted by Crippen LogP contribution is 2.41. The van der Waals surface area contributed by atoms with Gasteiger partial charge in [-0.05, 0) is 13.3 Å². The summed E-state index contributed by atoms with van der Waals surface area (Å²) < 4.78 is 35.2. The van der Waals surface area contributed by atoms with E-state index in [1.54, 1.807) is 29.9 Å². The van der Waals surface area contributed by atoms with Crippen molar-refractivity contribution in [3.8, 4) is 11.3 Å². The molecule has 3 aromatic heterocycles. The van der Waals surface area contributed by atoms with Crippen LogP contribution in [0.5, 0.6) is 0 Å². The van der Waals surface area contributed by atoms with E-state index in [9.17, 15) is 9.18 Å². The van der Waals surface area contributed by atoms with Crippen molar-refractivity contribution in [2.75, 3.05) is 12.4 Å². The Bertz CT molecular complexity index is 1340. The van der Waals surface area contributed by atoms with Crippen LogP contribution in [-0.4, -0.2) is 43.8 Å². The molecule has 31 heavy (non-hydrogen) atoms. The van der Waals surface area contributed by atoms with Crippen LogP contribution in [0.1, 0.15) is 25.0 Å². The number of nitrogens with zero attached hydrogens (tertiary/aromatic N) is 4. The molecule has 8 nitrogen and oxygen atoms in total. The maximum absolute atomic E-state index is 15.2. The van der Waals surface area contributed by atoms with Gasteiger partial charge in [-0.1, -0.05) is 11.6 Å². The van der Waals surface area contributed by atoms with Gasteiger partial charge in [-0.25, -0.2) is 13.8 Å². The highest BCUT2D eigenvalue weighted by Gasteiger charge is 2.43. The summed E-state index contributed by atoms with van der Waals surface area (Å²) in [6.45, 7) is 1.72. The fourth-order valence-electron chi connectivity index (χ4n) is 3.63. The van der Waals surface area contributed by atoms with Gasteiger partial charge in [0, 0.05) is 29.8 Å². The first kappa shape index (κ1) is 19.8. The summed E-state index contributed by atoms with van der Waals surface area (Å²) in [5.41, 5.74) is 1.96. The van der Waals surface area contributed by atoms with Crippen LogP contribution in [-0.2, 0) is 9.53 Å². The Morgan fingerprint density at radius 3 is 2.90 bits per heavy atom. The van der Waals surface area contributed by atoms with Gasteiger partial charge in [-0.15, -0.1) is 0 Å². The van der Waals surface area contributed by atoms with Crippen molar-refractivity contribution >= 4 is 39.9 Å². The number of amides is 1. The van der Waals surface area contributed by atoms with Gasteiger partial charge in [0.1, 0.15) is 12.0 Å². The van der Waals surface area contributed by atoms with Crippen molar-refractivity contribution in [3.63, 3.8) is 0 Å². The molecule has 0 bridgehead atoms. The third-order valence-corrected chi connectivity index (χ3v) is 5.84. The lowest BCUT2D eigenvalue weighted by Gasteiger charge is -2.16. The molecule has 1 amide bonds. The highest BCUT2D eigenvalue weighted by atomic mass is 35.5. The van der Waals surface area contributed by atoms with E-state index in [0.717, 1.165) is 0 Å². The Balaban J connectivity index is 1.58. The Kier molecular flexibility index (Phi) is 4.63. The molecular formula is C20H17ClF2N6O2. The van der Waals surface area contributed by atoms with E-state index in [1.807, 2.05) is 0 Å². The van der Waals surface area contributed by atoms with Gasteiger partial charge in [-0.2, -0.15) is 5.10 Å². The van der Waals surface area contributed by atoms with E-state index in [2.05, 4.69) is 25.5 Å². The van der Waals surface area contributed by atoms with Crippen molar-refractivity contribution in [1.29, 1.82) is 0 Å². The Morgan fingerprint density at radius 2 is 2.19 bits per heavy atom. The second kappa shape index (κ2) is 7.24. The van der Waals surface area contributed by atoms with E-state index < -0.39 is 29.9 Å². The second-order valence-corrected chi connectivity index (χ2v) is 7.84. The predicted molar refractivity (Wildman–Crippen MR) is 110 cm³/mol. The molecule has 1 aromatic carbocycles. The number of benzene rings is 1. The van der Waals surface area contributed by atoms with Gasteiger partial charge in [0.15, 0.2) is 11.5 Å². The molecular weight excluding hydrogens is 430 g/mol. The molecule has 0 radical (unpaired) electrons. The first-order valence-corrected chi connectivity index (χ1v) is 9.93. The number of alkyl halides is 1. The van der Waals surface area contributed by atoms with E-state index >= 15 is 4.39 Å². The maximum Gasteiger partial charge on any atom is 0.231 e. The van der Waals surface area contributed by atoms with Crippen LogP contribution in [0.2, 0.25) is 5.02 Å². The van der Waals surface area contributed by atoms with Gasteiger partial charge >= 0.3 is 0 Å². The van der Waals surface area contributed by atoms with E-state index in [-0.39, 0.29) is 22.8 Å². The number of H-pyrrole nitrogens is 1. The molecule has 1 saturated carbocycles. The van der Waals surface area contributed by atoms with Crippen LogP contribution in [0.4, 0.5) is 14.6 Å². The van der Waals surface area contributed by atoms with E-state index in [1.165, 1.54) is 13.3 Å². The van der Waals surface area contributed by atoms with Gasteiger partial charge in [-0.3, -0.25) is 14.9 Å². The molecule has 3 unspecified atom stereocenters. The topological polar surface area (TPSA) is 97.2 Å². The molecule has 1 fully saturated rings. The lowest BCUT2D eigenvalue weighted by molar-refractivity contribution is -0.117. The minimum atomic E-state index is -1.09. The second-order valence-electron chi connectivity index (χ2n) is 7.46. The molecule has 0 spiro atoms. The zero-order valence-electron chi connectivity index (χ0n) is 16.5. The van der Waals surface area contributed by atoms with Crippen LogP contribution < -0.4 is 5.32 Å². The largest absolute Gasteiger partial charge is 0.377 e. The quantitative estimate of drug-likeness (QED) is 0.481. The molecule has 1 aliphatic rings. The standard InChI is InChI=1S/C20H17ClF2N6O2/c1-8(31-2)15-18(23)17(21)16(10-4-25-28-19(10)15)12-6-29-7-13(26-14(29)5-24-12)27-20(30)9-3-11(9)22/h4-9,11H,3H2,1-2H3,(H,25,28)(H,27,30). The van der Waals surface area contributed by atoms with Crippen molar-refractivity contribution in [1.82, 2.24) is 24.6 Å². The summed E-state index contributed by atoms with van der Waals surface area (Å²) in [6.07, 6.45) is 4.82. The minimum Gasteiger partial charge on any atom is -0.377 e. The number of imidazole rings is 1. The number of hydrogen-bond acceptors (Lipinski definition) is 5. The third kappa shape index (κ3) is 3.22. The Hall–Kier alpha value is -3.11. The maximum atomic E-state index is 15.2. The smallest absolute Gasteiger partial charge is 0.231 e. The molecule has 11 heteroatoms. The van der Waals surface area contributed by atoms with Crippen LogP contribution in [0.25, 0.3) is 27.8 Å². The summed E-state index contributed by atoms with van der Waals surface area (Å²) in [5.74, 6) is -1.37. The Labute approximate surface area is 179 Å². The fourth-order valence-corrected chi connectivity index (χ4v) is 3.93. The first-order valence-electron chi connectivity index (χ1n) is 9.55. The molecule has 3 heterocycles. The summed E-state index contributed by atoms with van der Waals surface area (Å²) in [7, 11) is 1.48. The number of carbonyl (C=O) groups excluding carboxylic acids is 1. The summed E-state index contributed by atoms with van der Waals surface area (Å²) >= 11 is 6.42. The first-order chi connectivity index (χ1) is 14.9. The van der Waals surface area contributed by atoms with Crippen molar-refractivity contribution < 1.29 is 18.3 Å². The van der Waals surface area contributed by atoms with Crippen molar-refractivity contribution in [2.24, 2.45) is 5.92 Å². The number of ether oxygens (including phenoxy) is 1. The number of aromatic nitrogens is 5. The van der Waals surface area contributed by atoms with Crippen LogP contribution in [0.3, 0.4) is 0 Å². The lowest BCUT2D eigenvalue weighted by Crippen LogP contribution is -2.15. The third-order valence-electron chi connectivity index (χ3n) is 5.48. The van der Waals surface area contributed by atoms with Crippen molar-refractivity contribution in [2.45, 2.75) is 25.6 Å². The monoisotopic (exact) mass is 446 g/mol. The number of fused-ring (bicyclic) bond motifs is 2. The summed E-state index contributed by atoms with van der Waals surface area (Å²) in [5, 5.41) is 9.95. The number of hydrogen-bond donors (Lipinski definition) is 2.